The Morgan fingerprint density at radius 2 is 1.66 bits per heavy atom. The van der Waals surface area contributed by atoms with Gasteiger partial charge in [-0.1, -0.05) is 42.5 Å². The fraction of sp³-hybridized carbons (Fsp3) is 0.0645. The third-order valence-electron chi connectivity index (χ3n) is 7.95. The monoisotopic (exact) mass is 446 g/mol. The molecule has 4 heterocycles. The molecule has 35 heavy (non-hydrogen) atoms. The van der Waals surface area contributed by atoms with Gasteiger partial charge in [0.05, 0.1) is 16.6 Å². The highest BCUT2D eigenvalue weighted by atomic mass is 15.0. The third-order valence-corrected chi connectivity index (χ3v) is 7.95. The summed E-state index contributed by atoms with van der Waals surface area (Å²) in [5.74, 6) is 0. The van der Waals surface area contributed by atoms with Crippen LogP contribution in [-0.4, -0.2) is 19.4 Å². The van der Waals surface area contributed by atoms with E-state index in [0.29, 0.717) is 0 Å². The Hall–Kier alpha value is -4.57. The third kappa shape index (κ3) is 2.15. The molecular weight excluding hydrogens is 428 g/mol. The lowest BCUT2D eigenvalue weighted by Crippen LogP contribution is -1.93. The largest absolute Gasteiger partial charge is 0.290 e. The Labute approximate surface area is 200 Å². The molecular formula is C31H18N4. The highest BCUT2D eigenvalue weighted by Gasteiger charge is 2.29. The number of imidazole rings is 1. The molecule has 0 spiro atoms. The van der Waals surface area contributed by atoms with Crippen LogP contribution in [-0.2, 0) is 12.8 Å². The van der Waals surface area contributed by atoms with Crippen LogP contribution in [0.2, 0.25) is 0 Å². The summed E-state index contributed by atoms with van der Waals surface area (Å²) < 4.78 is 2.27. The Morgan fingerprint density at radius 3 is 2.66 bits per heavy atom. The average Bonchev–Trinajstić information content (AvgIpc) is 3.58. The number of hydrogen-bond acceptors (Lipinski definition) is 3. The molecule has 0 unspecified atom stereocenters. The van der Waals surface area contributed by atoms with Crippen LogP contribution in [0.5, 0.6) is 0 Å². The Kier molecular flexibility index (Phi) is 3.11. The summed E-state index contributed by atoms with van der Waals surface area (Å²) in [4.78, 5) is 14.3. The Bertz CT molecular complexity index is 2070. The standard InChI is InChI=1S/C31H18N4/c1-2-5-20-17(4-1)13-24-21(20)8-7-18-12-19-14-28-26(15-23(19)29(18)24)34-31-30-22(6-3-10-33-30)25-16-32-11-9-27(25)35(28)31/h1-11,14-16H,12-13H2. The summed E-state index contributed by atoms with van der Waals surface area (Å²) in [6.07, 6.45) is 7.61. The summed E-state index contributed by atoms with van der Waals surface area (Å²) >= 11 is 0. The van der Waals surface area contributed by atoms with Crippen molar-refractivity contribution in [2.24, 2.45) is 0 Å². The smallest absolute Gasteiger partial charge is 0.165 e. The number of nitrogens with zero attached hydrogens (tertiary/aromatic N) is 4. The summed E-state index contributed by atoms with van der Waals surface area (Å²) in [5, 5.41) is 2.19. The number of benzene rings is 3. The molecule has 9 rings (SSSR count). The fourth-order valence-electron chi connectivity index (χ4n) is 6.49. The highest BCUT2D eigenvalue weighted by molar-refractivity contribution is 6.12. The second-order valence-electron chi connectivity index (χ2n) is 9.70. The maximum atomic E-state index is 5.16. The van der Waals surface area contributed by atoms with Gasteiger partial charge < -0.3 is 0 Å². The molecule has 7 aromatic rings. The first-order chi connectivity index (χ1) is 17.3. The SMILES string of the molecule is c1ccc2c(c1)Cc1c-2ccc2c1-c1cc3nc4c5ncccc5c5cnccc5n4c3cc1C2. The van der Waals surface area contributed by atoms with Gasteiger partial charge in [0.1, 0.15) is 5.52 Å². The van der Waals surface area contributed by atoms with Gasteiger partial charge in [0.2, 0.25) is 0 Å². The molecule has 0 bridgehead atoms. The van der Waals surface area contributed by atoms with Crippen molar-refractivity contribution in [3.8, 4) is 22.3 Å². The van der Waals surface area contributed by atoms with Crippen LogP contribution < -0.4 is 0 Å². The number of hydrogen-bond donors (Lipinski definition) is 0. The summed E-state index contributed by atoms with van der Waals surface area (Å²) in [7, 11) is 0. The van der Waals surface area contributed by atoms with E-state index in [0.717, 1.165) is 51.3 Å². The van der Waals surface area contributed by atoms with Crippen LogP contribution >= 0.6 is 0 Å². The van der Waals surface area contributed by atoms with Crippen molar-refractivity contribution in [3.63, 3.8) is 0 Å². The van der Waals surface area contributed by atoms with Gasteiger partial charge in [-0.15, -0.1) is 0 Å². The topological polar surface area (TPSA) is 43.1 Å². The van der Waals surface area contributed by atoms with Gasteiger partial charge in [-0.2, -0.15) is 0 Å². The van der Waals surface area contributed by atoms with Gasteiger partial charge in [-0.3, -0.25) is 14.4 Å². The van der Waals surface area contributed by atoms with Crippen molar-refractivity contribution >= 4 is 38.5 Å². The van der Waals surface area contributed by atoms with E-state index in [2.05, 4.69) is 70.0 Å². The summed E-state index contributed by atoms with van der Waals surface area (Å²) in [6, 6.07) is 24.3. The summed E-state index contributed by atoms with van der Waals surface area (Å²) in [5.41, 5.74) is 16.3. The molecule has 4 aromatic heterocycles. The van der Waals surface area contributed by atoms with Crippen LogP contribution in [0.3, 0.4) is 0 Å². The lowest BCUT2D eigenvalue weighted by atomic mass is 9.95. The van der Waals surface area contributed by atoms with E-state index >= 15 is 0 Å². The van der Waals surface area contributed by atoms with Crippen molar-refractivity contribution in [2.45, 2.75) is 12.8 Å². The fourth-order valence-corrected chi connectivity index (χ4v) is 6.49. The van der Waals surface area contributed by atoms with Gasteiger partial charge >= 0.3 is 0 Å². The van der Waals surface area contributed by atoms with Gasteiger partial charge in [-0.05, 0) is 81.6 Å². The molecule has 0 N–H and O–H groups in total. The van der Waals surface area contributed by atoms with E-state index in [-0.39, 0.29) is 0 Å². The molecule has 0 atom stereocenters. The van der Waals surface area contributed by atoms with Gasteiger partial charge in [0.25, 0.3) is 0 Å². The molecule has 0 saturated heterocycles. The molecule has 2 aliphatic carbocycles. The zero-order valence-electron chi connectivity index (χ0n) is 18.8. The molecule has 4 heteroatoms. The Morgan fingerprint density at radius 1 is 0.686 bits per heavy atom. The molecule has 0 radical (unpaired) electrons. The first kappa shape index (κ1) is 17.8. The molecule has 2 aliphatic rings. The van der Waals surface area contributed by atoms with Gasteiger partial charge in [0, 0.05) is 29.4 Å². The van der Waals surface area contributed by atoms with Crippen LogP contribution in [0.1, 0.15) is 22.3 Å². The quantitative estimate of drug-likeness (QED) is 0.243. The average molecular weight is 447 g/mol. The van der Waals surface area contributed by atoms with Crippen molar-refractivity contribution in [1.29, 1.82) is 0 Å². The molecule has 3 aromatic carbocycles. The zero-order chi connectivity index (χ0) is 22.7. The second kappa shape index (κ2) is 6.10. The first-order valence-corrected chi connectivity index (χ1v) is 12.0. The maximum Gasteiger partial charge on any atom is 0.165 e. The first-order valence-electron chi connectivity index (χ1n) is 12.0. The number of pyridine rings is 3. The Balaban J connectivity index is 1.38. The van der Waals surface area contributed by atoms with E-state index in [1.165, 1.54) is 44.5 Å². The van der Waals surface area contributed by atoms with Crippen molar-refractivity contribution in [2.75, 3.05) is 0 Å². The lowest BCUT2D eigenvalue weighted by molar-refractivity contribution is 1.23. The molecule has 162 valence electrons. The molecule has 0 aliphatic heterocycles. The van der Waals surface area contributed by atoms with Crippen molar-refractivity contribution in [1.82, 2.24) is 19.4 Å². The van der Waals surface area contributed by atoms with Crippen molar-refractivity contribution in [3.05, 3.63) is 108 Å². The van der Waals surface area contributed by atoms with Crippen molar-refractivity contribution < 1.29 is 0 Å². The lowest BCUT2D eigenvalue weighted by Gasteiger charge is -2.09. The number of fused-ring (bicyclic) bond motifs is 15. The maximum absolute atomic E-state index is 5.16. The minimum atomic E-state index is 0.906. The van der Waals surface area contributed by atoms with E-state index in [1.807, 2.05) is 24.7 Å². The zero-order valence-corrected chi connectivity index (χ0v) is 18.8. The van der Waals surface area contributed by atoms with Crippen LogP contribution in [0.15, 0.2) is 85.3 Å². The van der Waals surface area contributed by atoms with E-state index < -0.39 is 0 Å². The van der Waals surface area contributed by atoms with E-state index in [1.54, 1.807) is 0 Å². The van der Waals surface area contributed by atoms with Gasteiger partial charge in [0.15, 0.2) is 5.65 Å². The normalized spacial score (nSPS) is 13.5. The molecule has 0 fully saturated rings. The number of rotatable bonds is 0. The number of aromatic nitrogens is 4. The second-order valence-corrected chi connectivity index (χ2v) is 9.70. The van der Waals surface area contributed by atoms with Crippen LogP contribution in [0.4, 0.5) is 0 Å². The van der Waals surface area contributed by atoms with E-state index in [9.17, 15) is 0 Å². The molecule has 0 amide bonds. The minimum absolute atomic E-state index is 0.906. The predicted octanol–water partition coefficient (Wildman–Crippen LogP) is 6.73. The summed E-state index contributed by atoms with van der Waals surface area (Å²) in [6.45, 7) is 0. The van der Waals surface area contributed by atoms with E-state index in [4.69, 9.17) is 9.97 Å². The predicted molar refractivity (Wildman–Crippen MR) is 140 cm³/mol. The van der Waals surface area contributed by atoms with Crippen LogP contribution in [0.25, 0.3) is 60.7 Å². The molecule has 4 nitrogen and oxygen atoms in total. The highest BCUT2D eigenvalue weighted by Crippen LogP contribution is 2.48. The molecule has 0 saturated carbocycles. The van der Waals surface area contributed by atoms with Crippen LogP contribution in [0, 0.1) is 0 Å². The van der Waals surface area contributed by atoms with Gasteiger partial charge in [-0.25, -0.2) is 4.98 Å². The minimum Gasteiger partial charge on any atom is -0.290 e.